The molecule has 1 aromatic heterocycles. The second-order valence-corrected chi connectivity index (χ2v) is 7.36. The van der Waals surface area contributed by atoms with Crippen LogP contribution in [-0.2, 0) is 4.79 Å². The second kappa shape index (κ2) is 8.52. The molecule has 7 nitrogen and oxygen atoms in total. The predicted molar refractivity (Wildman–Crippen MR) is 106 cm³/mol. The highest BCUT2D eigenvalue weighted by Gasteiger charge is 2.17. The van der Waals surface area contributed by atoms with Crippen LogP contribution in [0.3, 0.4) is 0 Å². The molecule has 150 valence electrons. The van der Waals surface area contributed by atoms with Crippen molar-refractivity contribution in [2.75, 3.05) is 19.0 Å². The Kier molecular flexibility index (Phi) is 5.66. The highest BCUT2D eigenvalue weighted by atomic mass is 32.2. The number of nitrogens with zero attached hydrogens (tertiary/aromatic N) is 3. The van der Waals surface area contributed by atoms with Crippen LogP contribution < -0.4 is 14.8 Å². The maximum atomic E-state index is 14.0. The molecule has 1 aliphatic heterocycles. The van der Waals surface area contributed by atoms with E-state index in [9.17, 15) is 9.18 Å². The van der Waals surface area contributed by atoms with Gasteiger partial charge in [0.15, 0.2) is 16.7 Å². The lowest BCUT2D eigenvalue weighted by molar-refractivity contribution is -0.119. The lowest BCUT2D eigenvalue weighted by Crippen LogP contribution is -2.28. The largest absolute Gasteiger partial charge is 0.486 e. The van der Waals surface area contributed by atoms with E-state index < -0.39 is 0 Å². The fraction of sp³-hybridized carbons (Fsp3) is 0.250. The summed E-state index contributed by atoms with van der Waals surface area (Å²) < 4.78 is 26.7. The summed E-state index contributed by atoms with van der Waals surface area (Å²) >= 11 is 1.19. The third-order valence-corrected chi connectivity index (χ3v) is 5.35. The molecule has 0 radical (unpaired) electrons. The molecular formula is C20H19FN4O3S. The van der Waals surface area contributed by atoms with Crippen molar-refractivity contribution in [1.29, 1.82) is 0 Å². The van der Waals surface area contributed by atoms with Crippen LogP contribution in [0, 0.1) is 5.82 Å². The summed E-state index contributed by atoms with van der Waals surface area (Å²) in [6.07, 6.45) is 1.43. The SMILES string of the molecule is C[C@@H](NC(=O)CSc1nncn1-c1ccccc1F)c1ccc2c(c1)OCCO2. The van der Waals surface area contributed by atoms with Gasteiger partial charge in [-0.15, -0.1) is 10.2 Å². The molecule has 29 heavy (non-hydrogen) atoms. The second-order valence-electron chi connectivity index (χ2n) is 6.42. The van der Waals surface area contributed by atoms with Crippen molar-refractivity contribution in [2.45, 2.75) is 18.1 Å². The molecule has 1 N–H and O–H groups in total. The smallest absolute Gasteiger partial charge is 0.230 e. The zero-order valence-corrected chi connectivity index (χ0v) is 16.5. The molecule has 2 heterocycles. The van der Waals surface area contributed by atoms with Crippen LogP contribution in [0.25, 0.3) is 5.69 Å². The summed E-state index contributed by atoms with van der Waals surface area (Å²) in [5, 5.41) is 11.2. The van der Waals surface area contributed by atoms with Crippen molar-refractivity contribution < 1.29 is 18.7 Å². The van der Waals surface area contributed by atoms with Gasteiger partial charge in [0.25, 0.3) is 0 Å². The minimum Gasteiger partial charge on any atom is -0.486 e. The number of hydrogen-bond acceptors (Lipinski definition) is 6. The maximum absolute atomic E-state index is 14.0. The monoisotopic (exact) mass is 414 g/mol. The summed E-state index contributed by atoms with van der Waals surface area (Å²) in [5.74, 6) is 0.970. The molecule has 1 amide bonds. The van der Waals surface area contributed by atoms with Gasteiger partial charge in [0.1, 0.15) is 25.4 Å². The molecule has 0 saturated heterocycles. The molecule has 9 heteroatoms. The number of thioether (sulfide) groups is 1. The van der Waals surface area contributed by atoms with E-state index in [0.717, 1.165) is 5.56 Å². The van der Waals surface area contributed by atoms with Crippen molar-refractivity contribution in [1.82, 2.24) is 20.1 Å². The van der Waals surface area contributed by atoms with E-state index in [1.54, 1.807) is 18.2 Å². The number of ether oxygens (including phenoxy) is 2. The molecule has 0 saturated carbocycles. The number of carbonyl (C=O) groups is 1. The van der Waals surface area contributed by atoms with Crippen molar-refractivity contribution in [2.24, 2.45) is 0 Å². The first-order valence-corrected chi connectivity index (χ1v) is 10.1. The van der Waals surface area contributed by atoms with Gasteiger partial charge in [0.05, 0.1) is 17.5 Å². The maximum Gasteiger partial charge on any atom is 0.230 e. The Morgan fingerprint density at radius 2 is 2.03 bits per heavy atom. The molecular weight excluding hydrogens is 395 g/mol. The van der Waals surface area contributed by atoms with E-state index in [1.165, 1.54) is 28.7 Å². The highest BCUT2D eigenvalue weighted by molar-refractivity contribution is 7.99. The Bertz CT molecular complexity index is 1030. The van der Waals surface area contributed by atoms with Gasteiger partial charge in [-0.2, -0.15) is 0 Å². The van der Waals surface area contributed by atoms with Crippen molar-refractivity contribution in [3.05, 3.63) is 60.2 Å². The Morgan fingerprint density at radius 1 is 1.24 bits per heavy atom. The van der Waals surface area contributed by atoms with Crippen molar-refractivity contribution >= 4 is 17.7 Å². The third-order valence-electron chi connectivity index (χ3n) is 4.40. The van der Waals surface area contributed by atoms with Crippen LogP contribution in [0.2, 0.25) is 0 Å². The number of halogens is 1. The van der Waals surface area contributed by atoms with Gasteiger partial charge in [0.2, 0.25) is 5.91 Å². The van der Waals surface area contributed by atoms with Crippen LogP contribution in [0.15, 0.2) is 53.9 Å². The number of benzene rings is 2. The summed E-state index contributed by atoms with van der Waals surface area (Å²) in [6.45, 7) is 2.94. The zero-order chi connectivity index (χ0) is 20.2. The molecule has 0 aliphatic carbocycles. The van der Waals surface area contributed by atoms with Gasteiger partial charge in [-0.3, -0.25) is 9.36 Å². The van der Waals surface area contributed by atoms with Crippen LogP contribution >= 0.6 is 11.8 Å². The molecule has 0 fully saturated rings. The van der Waals surface area contributed by atoms with Crippen LogP contribution in [-0.4, -0.2) is 39.6 Å². The first kappa shape index (κ1) is 19.3. The highest BCUT2D eigenvalue weighted by Crippen LogP contribution is 2.32. The van der Waals surface area contributed by atoms with Gasteiger partial charge in [0, 0.05) is 0 Å². The van der Waals surface area contributed by atoms with Gasteiger partial charge < -0.3 is 14.8 Å². The minimum absolute atomic E-state index is 0.127. The summed E-state index contributed by atoms with van der Waals surface area (Å²) in [6, 6.07) is 11.8. The third kappa shape index (κ3) is 4.34. The topological polar surface area (TPSA) is 78.3 Å². The van der Waals surface area contributed by atoms with E-state index in [1.807, 2.05) is 25.1 Å². The fourth-order valence-corrected chi connectivity index (χ4v) is 3.69. The number of aromatic nitrogens is 3. The number of rotatable bonds is 6. The number of amides is 1. The van der Waals surface area contributed by atoms with E-state index in [4.69, 9.17) is 9.47 Å². The van der Waals surface area contributed by atoms with Gasteiger partial charge >= 0.3 is 0 Å². The average Bonchev–Trinajstić information content (AvgIpc) is 3.20. The number of nitrogens with one attached hydrogen (secondary N) is 1. The van der Waals surface area contributed by atoms with Crippen LogP contribution in [0.5, 0.6) is 11.5 Å². The van der Waals surface area contributed by atoms with E-state index >= 15 is 0 Å². The first-order chi connectivity index (χ1) is 14.1. The van der Waals surface area contributed by atoms with Gasteiger partial charge in [-0.25, -0.2) is 4.39 Å². The standard InChI is InChI=1S/C20H19FN4O3S/c1-13(14-6-7-17-18(10-14)28-9-8-27-17)23-19(26)11-29-20-24-22-12-25(20)16-5-3-2-4-15(16)21/h2-7,10,12-13H,8-9,11H2,1H3,(H,23,26)/t13-/m1/s1. The van der Waals surface area contributed by atoms with Crippen LogP contribution in [0.1, 0.15) is 18.5 Å². The Morgan fingerprint density at radius 3 is 2.86 bits per heavy atom. The predicted octanol–water partition coefficient (Wildman–Crippen LogP) is 3.15. The summed E-state index contributed by atoms with van der Waals surface area (Å²) in [5.41, 5.74) is 1.26. The van der Waals surface area contributed by atoms with Crippen molar-refractivity contribution in [3.8, 4) is 17.2 Å². The van der Waals surface area contributed by atoms with E-state index in [0.29, 0.717) is 35.6 Å². The molecule has 0 unspecified atom stereocenters. The molecule has 4 rings (SSSR count). The number of hydrogen-bond donors (Lipinski definition) is 1. The number of carbonyl (C=O) groups excluding carboxylic acids is 1. The normalized spacial score (nSPS) is 13.7. The molecule has 1 aliphatic rings. The van der Waals surface area contributed by atoms with E-state index in [2.05, 4.69) is 15.5 Å². The summed E-state index contributed by atoms with van der Waals surface area (Å²) in [7, 11) is 0. The van der Waals surface area contributed by atoms with Gasteiger partial charge in [-0.1, -0.05) is 30.0 Å². The summed E-state index contributed by atoms with van der Waals surface area (Å²) in [4.78, 5) is 12.4. The quantitative estimate of drug-likeness (QED) is 0.625. The zero-order valence-electron chi connectivity index (χ0n) is 15.7. The molecule has 3 aromatic rings. The molecule has 0 spiro atoms. The fourth-order valence-electron chi connectivity index (χ4n) is 2.96. The molecule has 2 aromatic carbocycles. The Hall–Kier alpha value is -3.07. The van der Waals surface area contributed by atoms with Gasteiger partial charge in [-0.05, 0) is 36.8 Å². The lowest BCUT2D eigenvalue weighted by Gasteiger charge is -2.21. The Balaban J connectivity index is 1.38. The number of fused-ring (bicyclic) bond motifs is 1. The average molecular weight is 414 g/mol. The lowest BCUT2D eigenvalue weighted by atomic mass is 10.1. The van der Waals surface area contributed by atoms with Crippen LogP contribution in [0.4, 0.5) is 4.39 Å². The minimum atomic E-state index is -0.383. The molecule has 0 bridgehead atoms. The van der Waals surface area contributed by atoms with Crippen molar-refractivity contribution in [3.63, 3.8) is 0 Å². The first-order valence-electron chi connectivity index (χ1n) is 9.08. The Labute approximate surface area is 171 Å². The van der Waals surface area contributed by atoms with E-state index in [-0.39, 0.29) is 23.5 Å². The number of para-hydroxylation sites is 1. The molecule has 1 atom stereocenters.